The molecule has 6 nitrogen and oxygen atoms in total. The SMILES string of the molecule is Cc1cc(CCC2CCN(C(=O)Oc3ccccc3)C2)cc(C)c1OC(C)(C)C(=O)OC(C)C. The zero-order valence-corrected chi connectivity index (χ0v) is 21.2. The van der Waals surface area contributed by atoms with E-state index in [1.54, 1.807) is 30.9 Å². The molecule has 1 saturated heterocycles. The minimum absolute atomic E-state index is 0.188. The number of hydrogen-bond donors (Lipinski definition) is 0. The highest BCUT2D eigenvalue weighted by atomic mass is 16.6. The quantitative estimate of drug-likeness (QED) is 0.455. The van der Waals surface area contributed by atoms with Crippen LogP contribution >= 0.6 is 0 Å². The van der Waals surface area contributed by atoms with Gasteiger partial charge in [0.05, 0.1) is 6.10 Å². The van der Waals surface area contributed by atoms with Gasteiger partial charge in [0.1, 0.15) is 11.5 Å². The Balaban J connectivity index is 1.55. The van der Waals surface area contributed by atoms with Gasteiger partial charge in [-0.2, -0.15) is 0 Å². The molecule has 0 saturated carbocycles. The van der Waals surface area contributed by atoms with Crippen LogP contribution in [0.5, 0.6) is 11.5 Å². The fraction of sp³-hybridized carbons (Fsp3) is 0.500. The number of rotatable bonds is 8. The van der Waals surface area contributed by atoms with E-state index in [1.165, 1.54) is 5.56 Å². The van der Waals surface area contributed by atoms with E-state index in [1.807, 2.05) is 45.9 Å². The number of carbonyl (C=O) groups is 2. The van der Waals surface area contributed by atoms with Crippen molar-refractivity contribution >= 4 is 12.1 Å². The third-order valence-corrected chi connectivity index (χ3v) is 6.05. The smallest absolute Gasteiger partial charge is 0.415 e. The lowest BCUT2D eigenvalue weighted by atomic mass is 9.96. The molecular weight excluding hydrogens is 430 g/mol. The molecule has 0 spiro atoms. The van der Waals surface area contributed by atoms with Gasteiger partial charge in [0.25, 0.3) is 0 Å². The number of aryl methyl sites for hydroxylation is 3. The minimum atomic E-state index is -1.07. The summed E-state index contributed by atoms with van der Waals surface area (Å²) >= 11 is 0. The van der Waals surface area contributed by atoms with E-state index in [2.05, 4.69) is 12.1 Å². The second-order valence-corrected chi connectivity index (χ2v) is 9.95. The van der Waals surface area contributed by atoms with Gasteiger partial charge < -0.3 is 19.1 Å². The summed E-state index contributed by atoms with van der Waals surface area (Å²) in [6, 6.07) is 13.4. The first-order valence-corrected chi connectivity index (χ1v) is 12.1. The lowest BCUT2D eigenvalue weighted by Gasteiger charge is -2.27. The largest absolute Gasteiger partial charge is 0.476 e. The Hall–Kier alpha value is -3.02. The molecule has 1 atom stereocenters. The predicted octanol–water partition coefficient (Wildman–Crippen LogP) is 5.87. The maximum atomic E-state index is 12.4. The van der Waals surface area contributed by atoms with Gasteiger partial charge in [-0.1, -0.05) is 30.3 Å². The second kappa shape index (κ2) is 10.9. The van der Waals surface area contributed by atoms with E-state index < -0.39 is 5.60 Å². The van der Waals surface area contributed by atoms with Gasteiger partial charge in [-0.25, -0.2) is 9.59 Å². The second-order valence-electron chi connectivity index (χ2n) is 9.95. The number of carbonyl (C=O) groups excluding carboxylic acids is 2. The summed E-state index contributed by atoms with van der Waals surface area (Å²) < 4.78 is 16.9. The summed E-state index contributed by atoms with van der Waals surface area (Å²) in [7, 11) is 0. The molecular formula is C28H37NO5. The fourth-order valence-electron chi connectivity index (χ4n) is 4.26. The number of nitrogens with zero attached hydrogens (tertiary/aromatic N) is 1. The van der Waals surface area contributed by atoms with Crippen molar-refractivity contribution in [1.82, 2.24) is 4.90 Å². The van der Waals surface area contributed by atoms with Gasteiger partial charge in [-0.3, -0.25) is 0 Å². The Labute approximate surface area is 203 Å². The van der Waals surface area contributed by atoms with Crippen molar-refractivity contribution in [3.8, 4) is 11.5 Å². The van der Waals surface area contributed by atoms with Crippen molar-refractivity contribution < 1.29 is 23.8 Å². The summed E-state index contributed by atoms with van der Waals surface area (Å²) in [6.45, 7) is 12.6. The topological polar surface area (TPSA) is 65.1 Å². The molecule has 3 rings (SSSR count). The summed E-state index contributed by atoms with van der Waals surface area (Å²) in [5, 5.41) is 0. The molecule has 1 aliphatic heterocycles. The van der Waals surface area contributed by atoms with Crippen LogP contribution in [-0.4, -0.2) is 41.8 Å². The summed E-state index contributed by atoms with van der Waals surface area (Å²) in [4.78, 5) is 26.6. The van der Waals surface area contributed by atoms with E-state index >= 15 is 0 Å². The molecule has 0 bridgehead atoms. The Bertz CT molecular complexity index is 976. The Morgan fingerprint density at radius 2 is 1.74 bits per heavy atom. The zero-order chi connectivity index (χ0) is 24.9. The van der Waals surface area contributed by atoms with Gasteiger partial charge in [0, 0.05) is 13.1 Å². The first-order valence-electron chi connectivity index (χ1n) is 12.1. The van der Waals surface area contributed by atoms with Crippen LogP contribution in [0.1, 0.15) is 57.2 Å². The minimum Gasteiger partial charge on any atom is -0.476 e. The molecule has 6 heteroatoms. The maximum Gasteiger partial charge on any atom is 0.415 e. The highest BCUT2D eigenvalue weighted by Gasteiger charge is 2.33. The predicted molar refractivity (Wildman–Crippen MR) is 132 cm³/mol. The molecule has 34 heavy (non-hydrogen) atoms. The molecule has 1 amide bonds. The summed E-state index contributed by atoms with van der Waals surface area (Å²) in [5.41, 5.74) is 2.17. The van der Waals surface area contributed by atoms with E-state index in [0.29, 0.717) is 11.7 Å². The van der Waals surface area contributed by atoms with Crippen molar-refractivity contribution in [2.24, 2.45) is 5.92 Å². The summed E-state index contributed by atoms with van der Waals surface area (Å²) in [5.74, 6) is 1.38. The molecule has 1 heterocycles. The third kappa shape index (κ3) is 6.75. The Morgan fingerprint density at radius 3 is 2.35 bits per heavy atom. The van der Waals surface area contributed by atoms with Crippen molar-refractivity contribution in [3.63, 3.8) is 0 Å². The molecule has 0 aliphatic carbocycles. The Kier molecular flexibility index (Phi) is 8.24. The standard InChI is InChI=1S/C28H37NO5/c1-19(2)32-26(30)28(5,6)34-25-20(3)16-23(17-21(25)4)13-12-22-14-15-29(18-22)27(31)33-24-10-8-7-9-11-24/h7-11,16-17,19,22H,12-15,18H2,1-6H3. The summed E-state index contributed by atoms with van der Waals surface area (Å²) in [6.07, 6.45) is 2.44. The normalized spacial score (nSPS) is 16.0. The number of amides is 1. The van der Waals surface area contributed by atoms with Crippen LogP contribution in [0.2, 0.25) is 0 Å². The Morgan fingerprint density at radius 1 is 1.09 bits per heavy atom. The van der Waals surface area contributed by atoms with Gasteiger partial charge in [-0.15, -0.1) is 0 Å². The van der Waals surface area contributed by atoms with Crippen molar-refractivity contribution in [3.05, 3.63) is 59.2 Å². The van der Waals surface area contributed by atoms with Crippen LogP contribution in [0.15, 0.2) is 42.5 Å². The average Bonchev–Trinajstić information content (AvgIpc) is 3.24. The van der Waals surface area contributed by atoms with Crippen LogP contribution in [0.4, 0.5) is 4.79 Å². The van der Waals surface area contributed by atoms with Gasteiger partial charge >= 0.3 is 12.1 Å². The number of ether oxygens (including phenoxy) is 3. The first kappa shape index (κ1) is 25.6. The molecule has 2 aromatic rings. The molecule has 1 aliphatic rings. The van der Waals surface area contributed by atoms with E-state index in [-0.39, 0.29) is 18.2 Å². The highest BCUT2D eigenvalue weighted by Crippen LogP contribution is 2.31. The monoisotopic (exact) mass is 467 g/mol. The molecule has 2 aromatic carbocycles. The van der Waals surface area contributed by atoms with Gasteiger partial charge in [-0.05, 0) is 95.5 Å². The van der Waals surface area contributed by atoms with Crippen LogP contribution in [-0.2, 0) is 16.0 Å². The molecule has 1 fully saturated rings. The number of esters is 1. The number of likely N-dealkylation sites (tertiary alicyclic amines) is 1. The maximum absolute atomic E-state index is 12.4. The van der Waals surface area contributed by atoms with Crippen molar-refractivity contribution in [2.45, 2.75) is 72.5 Å². The van der Waals surface area contributed by atoms with Gasteiger partial charge in [0.2, 0.25) is 0 Å². The number of benzene rings is 2. The molecule has 1 unspecified atom stereocenters. The van der Waals surface area contributed by atoms with Crippen LogP contribution < -0.4 is 9.47 Å². The molecule has 184 valence electrons. The van der Waals surface area contributed by atoms with E-state index in [9.17, 15) is 9.59 Å². The van der Waals surface area contributed by atoms with Crippen molar-refractivity contribution in [2.75, 3.05) is 13.1 Å². The number of hydrogen-bond acceptors (Lipinski definition) is 5. The van der Waals surface area contributed by atoms with Crippen molar-refractivity contribution in [1.29, 1.82) is 0 Å². The lowest BCUT2D eigenvalue weighted by Crippen LogP contribution is -2.41. The molecule has 0 aromatic heterocycles. The van der Waals surface area contributed by atoms with Crippen LogP contribution in [0.25, 0.3) is 0 Å². The first-order chi connectivity index (χ1) is 16.0. The van der Waals surface area contributed by atoms with E-state index in [4.69, 9.17) is 14.2 Å². The highest BCUT2D eigenvalue weighted by molar-refractivity contribution is 5.79. The zero-order valence-electron chi connectivity index (χ0n) is 21.2. The van der Waals surface area contributed by atoms with Crippen LogP contribution in [0.3, 0.4) is 0 Å². The van der Waals surface area contributed by atoms with Gasteiger partial charge in [0.15, 0.2) is 5.60 Å². The van der Waals surface area contributed by atoms with Crippen LogP contribution in [0, 0.1) is 19.8 Å². The average molecular weight is 468 g/mol. The third-order valence-electron chi connectivity index (χ3n) is 6.05. The molecule has 0 radical (unpaired) electrons. The number of para-hydroxylation sites is 1. The molecule has 0 N–H and O–H groups in total. The lowest BCUT2D eigenvalue weighted by molar-refractivity contribution is -0.163. The van der Waals surface area contributed by atoms with E-state index in [0.717, 1.165) is 49.2 Å². The fourth-order valence-corrected chi connectivity index (χ4v) is 4.26.